The molecule has 0 aliphatic carbocycles. The quantitative estimate of drug-likeness (QED) is 0.185. The van der Waals surface area contributed by atoms with Gasteiger partial charge in [-0.2, -0.15) is 0 Å². The van der Waals surface area contributed by atoms with Gasteiger partial charge in [-0.25, -0.2) is 15.0 Å². The van der Waals surface area contributed by atoms with Crippen molar-refractivity contribution in [3.05, 3.63) is 170 Å². The molecule has 0 fully saturated rings. The first-order chi connectivity index (χ1) is 24.8. The summed E-state index contributed by atoms with van der Waals surface area (Å²) in [7, 11) is 0. The molecule has 0 atom stereocenters. The molecule has 5 heteroatoms. The Bertz CT molecular complexity index is 2850. The molecule has 10 aromatic rings. The van der Waals surface area contributed by atoms with Crippen molar-refractivity contribution in [1.82, 2.24) is 19.5 Å². The second-order valence-corrected chi connectivity index (χ2v) is 13.6. The van der Waals surface area contributed by atoms with Gasteiger partial charge in [0.15, 0.2) is 17.5 Å². The molecule has 10 rings (SSSR count). The molecule has 3 heterocycles. The summed E-state index contributed by atoms with van der Waals surface area (Å²) >= 11 is 1.80. The number of thiophene rings is 1. The largest absolute Gasteiger partial charge is 0.309 e. The molecule has 0 saturated carbocycles. The molecule has 0 aliphatic rings. The molecular formula is C45H28N4S. The van der Waals surface area contributed by atoms with E-state index in [2.05, 4.69) is 156 Å². The lowest BCUT2D eigenvalue weighted by molar-refractivity contribution is 1.07. The predicted octanol–water partition coefficient (Wildman–Crippen LogP) is 12.0. The van der Waals surface area contributed by atoms with Gasteiger partial charge < -0.3 is 4.57 Å². The summed E-state index contributed by atoms with van der Waals surface area (Å²) in [4.78, 5) is 15.3. The van der Waals surface area contributed by atoms with Crippen LogP contribution in [-0.4, -0.2) is 19.5 Å². The number of hydrogen-bond donors (Lipinski definition) is 0. The Morgan fingerprint density at radius 2 is 0.840 bits per heavy atom. The van der Waals surface area contributed by atoms with Crippen molar-refractivity contribution in [2.24, 2.45) is 0 Å². The van der Waals surface area contributed by atoms with Crippen LogP contribution in [0.4, 0.5) is 0 Å². The average Bonchev–Trinajstić information content (AvgIpc) is 3.73. The van der Waals surface area contributed by atoms with Gasteiger partial charge in [0, 0.05) is 53.3 Å². The van der Waals surface area contributed by atoms with E-state index in [9.17, 15) is 0 Å². The Balaban J connectivity index is 1.15. The fraction of sp³-hybridized carbons (Fsp3) is 0. The number of nitrogens with zero attached hydrogens (tertiary/aromatic N) is 4. The van der Waals surface area contributed by atoms with Gasteiger partial charge >= 0.3 is 0 Å². The summed E-state index contributed by atoms with van der Waals surface area (Å²) in [6.45, 7) is 0. The molecule has 0 amide bonds. The third-order valence-corrected chi connectivity index (χ3v) is 10.6. The smallest absolute Gasteiger partial charge is 0.164 e. The minimum Gasteiger partial charge on any atom is -0.309 e. The summed E-state index contributed by atoms with van der Waals surface area (Å²) in [6.07, 6.45) is 0. The van der Waals surface area contributed by atoms with Crippen molar-refractivity contribution in [2.75, 3.05) is 0 Å². The monoisotopic (exact) mass is 656 g/mol. The zero-order chi connectivity index (χ0) is 33.0. The SMILES string of the molecule is c1ccc(-c2ccc(-n3c4ccccc4c4ccc(-c5nc(-c6ccccc6)nc(-c6ccc7c(c6)sc6ccccc67)n5)cc43)cc2)cc1. The average molecular weight is 657 g/mol. The summed E-state index contributed by atoms with van der Waals surface area (Å²) in [5.41, 5.74) is 8.62. The van der Waals surface area contributed by atoms with Crippen LogP contribution >= 0.6 is 11.3 Å². The zero-order valence-corrected chi connectivity index (χ0v) is 27.7. The third kappa shape index (κ3) is 4.79. The predicted molar refractivity (Wildman–Crippen MR) is 209 cm³/mol. The van der Waals surface area contributed by atoms with E-state index in [1.54, 1.807) is 11.3 Å². The van der Waals surface area contributed by atoms with Crippen molar-refractivity contribution in [1.29, 1.82) is 0 Å². The number of hydrogen-bond acceptors (Lipinski definition) is 4. The van der Waals surface area contributed by atoms with Crippen molar-refractivity contribution in [3.8, 4) is 51.0 Å². The van der Waals surface area contributed by atoms with Crippen LogP contribution in [0.25, 0.3) is 93.0 Å². The van der Waals surface area contributed by atoms with Gasteiger partial charge in [0.1, 0.15) is 0 Å². The lowest BCUT2D eigenvalue weighted by Gasteiger charge is -2.11. The van der Waals surface area contributed by atoms with Crippen LogP contribution in [0, 0.1) is 0 Å². The highest BCUT2D eigenvalue weighted by Crippen LogP contribution is 2.38. The Kier molecular flexibility index (Phi) is 6.64. The molecule has 0 aliphatic heterocycles. The van der Waals surface area contributed by atoms with E-state index in [-0.39, 0.29) is 0 Å². The molecule has 0 unspecified atom stereocenters. The molecule has 50 heavy (non-hydrogen) atoms. The highest BCUT2D eigenvalue weighted by atomic mass is 32.1. The molecule has 7 aromatic carbocycles. The van der Waals surface area contributed by atoms with Gasteiger partial charge in [0.25, 0.3) is 0 Å². The Hall–Kier alpha value is -6.43. The standard InChI is InChI=1S/C45H28N4S/c1-3-11-29(12-4-1)30-19-23-34(24-20-30)49-39-17-9-7-15-35(39)36-25-21-32(27-40(36)49)44-46-43(31-13-5-2-6-14-31)47-45(48-44)33-22-26-38-37-16-8-10-18-41(37)50-42(38)28-33/h1-28H. The van der Waals surface area contributed by atoms with Crippen molar-refractivity contribution in [2.45, 2.75) is 0 Å². The third-order valence-electron chi connectivity index (χ3n) is 9.47. The first kappa shape index (κ1) is 28.6. The van der Waals surface area contributed by atoms with Crippen LogP contribution in [0.5, 0.6) is 0 Å². The Morgan fingerprint density at radius 3 is 1.58 bits per heavy atom. The molecule has 234 valence electrons. The van der Waals surface area contributed by atoms with Gasteiger partial charge in [-0.3, -0.25) is 0 Å². The maximum Gasteiger partial charge on any atom is 0.164 e. The minimum absolute atomic E-state index is 0.642. The van der Waals surface area contributed by atoms with Crippen LogP contribution < -0.4 is 0 Å². The molecule has 0 bridgehead atoms. The number of aromatic nitrogens is 4. The molecular weight excluding hydrogens is 629 g/mol. The molecule has 0 N–H and O–H groups in total. The molecule has 0 saturated heterocycles. The topological polar surface area (TPSA) is 43.6 Å². The fourth-order valence-electron chi connectivity index (χ4n) is 7.04. The maximum absolute atomic E-state index is 5.14. The molecule has 4 nitrogen and oxygen atoms in total. The number of fused-ring (bicyclic) bond motifs is 6. The molecule has 0 radical (unpaired) electrons. The van der Waals surface area contributed by atoms with Gasteiger partial charge in [0.2, 0.25) is 0 Å². The van der Waals surface area contributed by atoms with Crippen LogP contribution in [-0.2, 0) is 0 Å². The minimum atomic E-state index is 0.642. The molecule has 0 spiro atoms. The lowest BCUT2D eigenvalue weighted by Crippen LogP contribution is -2.00. The van der Waals surface area contributed by atoms with Crippen molar-refractivity contribution >= 4 is 53.3 Å². The number of rotatable bonds is 5. The van der Waals surface area contributed by atoms with E-state index < -0.39 is 0 Å². The first-order valence-corrected chi connectivity index (χ1v) is 17.5. The van der Waals surface area contributed by atoms with Gasteiger partial charge in [-0.1, -0.05) is 133 Å². The van der Waals surface area contributed by atoms with E-state index in [4.69, 9.17) is 15.0 Å². The fourth-order valence-corrected chi connectivity index (χ4v) is 8.18. The van der Waals surface area contributed by atoms with E-state index in [0.29, 0.717) is 17.5 Å². The second-order valence-electron chi connectivity index (χ2n) is 12.5. The highest BCUT2D eigenvalue weighted by Gasteiger charge is 2.17. The van der Waals surface area contributed by atoms with Gasteiger partial charge in [0.05, 0.1) is 11.0 Å². The van der Waals surface area contributed by atoms with Gasteiger partial charge in [-0.15, -0.1) is 11.3 Å². The van der Waals surface area contributed by atoms with E-state index in [0.717, 1.165) is 33.4 Å². The second kappa shape index (κ2) is 11.6. The molecule has 3 aromatic heterocycles. The van der Waals surface area contributed by atoms with Crippen LogP contribution in [0.1, 0.15) is 0 Å². The normalized spacial score (nSPS) is 11.6. The highest BCUT2D eigenvalue weighted by molar-refractivity contribution is 7.25. The van der Waals surface area contributed by atoms with E-state index in [1.807, 2.05) is 18.2 Å². The summed E-state index contributed by atoms with van der Waals surface area (Å²) in [5.74, 6) is 1.95. The van der Waals surface area contributed by atoms with Crippen LogP contribution in [0.15, 0.2) is 170 Å². The van der Waals surface area contributed by atoms with Crippen molar-refractivity contribution < 1.29 is 0 Å². The number of para-hydroxylation sites is 1. The van der Waals surface area contributed by atoms with Gasteiger partial charge in [-0.05, 0) is 47.5 Å². The Labute approximate surface area is 292 Å². The summed E-state index contributed by atoms with van der Waals surface area (Å²) in [5, 5.41) is 4.92. The zero-order valence-electron chi connectivity index (χ0n) is 26.9. The van der Waals surface area contributed by atoms with Crippen LogP contribution in [0.2, 0.25) is 0 Å². The van der Waals surface area contributed by atoms with Crippen molar-refractivity contribution in [3.63, 3.8) is 0 Å². The van der Waals surface area contributed by atoms with E-state index in [1.165, 1.54) is 42.1 Å². The first-order valence-electron chi connectivity index (χ1n) is 16.7. The van der Waals surface area contributed by atoms with E-state index >= 15 is 0 Å². The lowest BCUT2D eigenvalue weighted by atomic mass is 10.1. The Morgan fingerprint density at radius 1 is 0.340 bits per heavy atom. The summed E-state index contributed by atoms with van der Waals surface area (Å²) < 4.78 is 4.84. The maximum atomic E-state index is 5.14. The van der Waals surface area contributed by atoms with Crippen LogP contribution in [0.3, 0.4) is 0 Å². The summed E-state index contributed by atoms with van der Waals surface area (Å²) in [6, 6.07) is 59.8. The number of benzene rings is 7.